The standard InChI is InChI=1S/C6H4N4O2/c11-10(12)6-4-9-3-1-2-5(9)7-8-6/h1-4H. The second-order valence-electron chi connectivity index (χ2n) is 2.22. The maximum atomic E-state index is 10.3. The molecule has 0 aliphatic rings. The molecule has 0 radical (unpaired) electrons. The van der Waals surface area contributed by atoms with Crippen LogP contribution in [0.1, 0.15) is 0 Å². The summed E-state index contributed by atoms with van der Waals surface area (Å²) in [6.07, 6.45) is 3.00. The summed E-state index contributed by atoms with van der Waals surface area (Å²) in [4.78, 5) is 9.68. The molecule has 0 spiro atoms. The summed E-state index contributed by atoms with van der Waals surface area (Å²) in [6.45, 7) is 0. The zero-order valence-electron chi connectivity index (χ0n) is 5.91. The van der Waals surface area contributed by atoms with Gasteiger partial charge in [0.05, 0.1) is 5.10 Å². The Morgan fingerprint density at radius 2 is 2.33 bits per heavy atom. The average molecular weight is 164 g/mol. The number of nitrogens with zero attached hydrogens (tertiary/aromatic N) is 4. The van der Waals surface area contributed by atoms with Gasteiger partial charge in [0.2, 0.25) is 0 Å². The van der Waals surface area contributed by atoms with Crippen LogP contribution in [0.25, 0.3) is 5.65 Å². The maximum Gasteiger partial charge on any atom is 0.407 e. The van der Waals surface area contributed by atoms with Crippen molar-refractivity contribution in [2.45, 2.75) is 0 Å². The Bertz CT molecular complexity index is 436. The highest BCUT2D eigenvalue weighted by molar-refractivity contribution is 5.38. The first-order valence-corrected chi connectivity index (χ1v) is 3.22. The fourth-order valence-corrected chi connectivity index (χ4v) is 0.915. The molecule has 0 saturated heterocycles. The molecule has 0 N–H and O–H groups in total. The minimum absolute atomic E-state index is 0.251. The Balaban J connectivity index is 2.68. The molecule has 0 fully saturated rings. The van der Waals surface area contributed by atoms with Crippen molar-refractivity contribution >= 4 is 11.5 Å². The number of hydrogen-bond donors (Lipinski definition) is 0. The van der Waals surface area contributed by atoms with Crippen molar-refractivity contribution in [1.82, 2.24) is 14.6 Å². The van der Waals surface area contributed by atoms with E-state index in [1.165, 1.54) is 6.20 Å². The molecule has 60 valence electrons. The van der Waals surface area contributed by atoms with Crippen molar-refractivity contribution < 1.29 is 4.92 Å². The average Bonchev–Trinajstić information content (AvgIpc) is 2.49. The van der Waals surface area contributed by atoms with Crippen molar-refractivity contribution in [3.05, 3.63) is 34.6 Å². The molecule has 0 bridgehead atoms. The largest absolute Gasteiger partial charge is 0.407 e. The minimum Gasteiger partial charge on any atom is -0.358 e. The molecule has 12 heavy (non-hydrogen) atoms. The van der Waals surface area contributed by atoms with Gasteiger partial charge in [0.15, 0.2) is 5.65 Å². The molecule has 2 aromatic heterocycles. The van der Waals surface area contributed by atoms with E-state index in [0.29, 0.717) is 5.65 Å². The highest BCUT2D eigenvalue weighted by Gasteiger charge is 2.08. The van der Waals surface area contributed by atoms with Gasteiger partial charge in [-0.2, -0.15) is 0 Å². The molecule has 2 heterocycles. The predicted octanol–water partition coefficient (Wildman–Crippen LogP) is 0.637. The molecule has 2 rings (SSSR count). The zero-order chi connectivity index (χ0) is 8.55. The van der Waals surface area contributed by atoms with Gasteiger partial charge in [-0.15, -0.1) is 0 Å². The van der Waals surface area contributed by atoms with Gasteiger partial charge < -0.3 is 10.1 Å². The quantitative estimate of drug-likeness (QED) is 0.457. The van der Waals surface area contributed by atoms with Crippen molar-refractivity contribution in [1.29, 1.82) is 0 Å². The fourth-order valence-electron chi connectivity index (χ4n) is 0.915. The lowest BCUT2D eigenvalue weighted by Crippen LogP contribution is -1.97. The van der Waals surface area contributed by atoms with E-state index >= 15 is 0 Å². The normalized spacial score (nSPS) is 10.3. The minimum atomic E-state index is -0.577. The van der Waals surface area contributed by atoms with Crippen LogP contribution >= 0.6 is 0 Å². The predicted molar refractivity (Wildman–Crippen MR) is 39.6 cm³/mol. The molecule has 0 saturated carbocycles. The molecule has 0 aliphatic carbocycles. The van der Waals surface area contributed by atoms with Crippen LogP contribution in [0.2, 0.25) is 0 Å². The highest BCUT2D eigenvalue weighted by atomic mass is 16.6. The zero-order valence-corrected chi connectivity index (χ0v) is 5.91. The lowest BCUT2D eigenvalue weighted by atomic mass is 10.6. The van der Waals surface area contributed by atoms with Crippen LogP contribution in [-0.4, -0.2) is 19.5 Å². The topological polar surface area (TPSA) is 73.3 Å². The summed E-state index contributed by atoms with van der Waals surface area (Å²) >= 11 is 0. The van der Waals surface area contributed by atoms with E-state index in [1.807, 2.05) is 0 Å². The summed E-state index contributed by atoms with van der Waals surface area (Å²) < 4.78 is 1.55. The number of fused-ring (bicyclic) bond motifs is 1. The number of rotatable bonds is 1. The van der Waals surface area contributed by atoms with E-state index in [2.05, 4.69) is 10.2 Å². The first-order chi connectivity index (χ1) is 5.77. The van der Waals surface area contributed by atoms with E-state index in [4.69, 9.17) is 0 Å². The lowest BCUT2D eigenvalue weighted by molar-refractivity contribution is -0.390. The first-order valence-electron chi connectivity index (χ1n) is 3.22. The van der Waals surface area contributed by atoms with Gasteiger partial charge in [0.25, 0.3) is 0 Å². The van der Waals surface area contributed by atoms with Crippen LogP contribution in [0.5, 0.6) is 0 Å². The van der Waals surface area contributed by atoms with Crippen LogP contribution in [0.4, 0.5) is 5.82 Å². The van der Waals surface area contributed by atoms with Gasteiger partial charge in [0.1, 0.15) is 6.20 Å². The number of nitro groups is 1. The van der Waals surface area contributed by atoms with Crippen LogP contribution in [0.15, 0.2) is 24.5 Å². The van der Waals surface area contributed by atoms with Crippen LogP contribution in [-0.2, 0) is 0 Å². The molecule has 0 aromatic carbocycles. The summed E-state index contributed by atoms with van der Waals surface area (Å²) in [6, 6.07) is 3.46. The number of hydrogen-bond acceptors (Lipinski definition) is 4. The third-order valence-electron chi connectivity index (χ3n) is 1.45. The van der Waals surface area contributed by atoms with Gasteiger partial charge in [-0.3, -0.25) is 4.40 Å². The van der Waals surface area contributed by atoms with E-state index in [-0.39, 0.29) is 5.82 Å². The van der Waals surface area contributed by atoms with Crippen LogP contribution < -0.4 is 0 Å². The Hall–Kier alpha value is -1.98. The third-order valence-corrected chi connectivity index (χ3v) is 1.45. The summed E-state index contributed by atoms with van der Waals surface area (Å²) in [5.41, 5.74) is 0.598. The van der Waals surface area contributed by atoms with Gasteiger partial charge >= 0.3 is 5.82 Å². The monoisotopic (exact) mass is 164 g/mol. The maximum absolute atomic E-state index is 10.3. The van der Waals surface area contributed by atoms with Gasteiger partial charge in [-0.1, -0.05) is 0 Å². The Morgan fingerprint density at radius 1 is 1.50 bits per heavy atom. The molecule has 6 nitrogen and oxygen atoms in total. The molecule has 0 unspecified atom stereocenters. The van der Waals surface area contributed by atoms with E-state index in [1.54, 1.807) is 22.7 Å². The molecular weight excluding hydrogens is 160 g/mol. The van der Waals surface area contributed by atoms with Crippen molar-refractivity contribution in [3.8, 4) is 0 Å². The summed E-state index contributed by atoms with van der Waals surface area (Å²) in [7, 11) is 0. The molecule has 6 heteroatoms. The third kappa shape index (κ3) is 0.895. The molecule has 0 atom stereocenters. The van der Waals surface area contributed by atoms with Crippen LogP contribution in [0.3, 0.4) is 0 Å². The molecule has 0 aliphatic heterocycles. The van der Waals surface area contributed by atoms with Gasteiger partial charge in [0, 0.05) is 6.20 Å². The van der Waals surface area contributed by atoms with Crippen molar-refractivity contribution in [2.75, 3.05) is 0 Å². The van der Waals surface area contributed by atoms with Crippen molar-refractivity contribution in [2.24, 2.45) is 0 Å². The Kier molecular flexibility index (Phi) is 1.26. The second-order valence-corrected chi connectivity index (χ2v) is 2.22. The molecule has 2 aromatic rings. The first kappa shape index (κ1) is 6.71. The second kappa shape index (κ2) is 2.26. The Labute approximate surface area is 66.6 Å². The Morgan fingerprint density at radius 3 is 3.08 bits per heavy atom. The van der Waals surface area contributed by atoms with Crippen LogP contribution in [0, 0.1) is 10.1 Å². The van der Waals surface area contributed by atoms with E-state index in [0.717, 1.165) is 0 Å². The summed E-state index contributed by atoms with van der Waals surface area (Å²) in [5.74, 6) is -0.251. The van der Waals surface area contributed by atoms with Gasteiger partial charge in [-0.25, -0.2) is 0 Å². The van der Waals surface area contributed by atoms with E-state index < -0.39 is 4.92 Å². The SMILES string of the molecule is O=[N+]([O-])c1cn2cccc2nn1. The van der Waals surface area contributed by atoms with E-state index in [9.17, 15) is 10.1 Å². The highest BCUT2D eigenvalue weighted by Crippen LogP contribution is 2.06. The van der Waals surface area contributed by atoms with Crippen molar-refractivity contribution in [3.63, 3.8) is 0 Å². The summed E-state index contributed by atoms with van der Waals surface area (Å²) in [5, 5.41) is 17.3. The molecule has 0 amide bonds. The van der Waals surface area contributed by atoms with Gasteiger partial charge in [-0.05, 0) is 22.2 Å². The lowest BCUT2D eigenvalue weighted by Gasteiger charge is -1.91. The smallest absolute Gasteiger partial charge is 0.358 e. The number of aromatic nitrogens is 3. The molecular formula is C6H4N4O2. The fraction of sp³-hybridized carbons (Fsp3) is 0.